The first kappa shape index (κ1) is 14.8. The number of nitro groups is 1. The van der Waals surface area contributed by atoms with Gasteiger partial charge < -0.3 is 14.7 Å². The molecule has 0 unspecified atom stereocenters. The summed E-state index contributed by atoms with van der Waals surface area (Å²) in [5.41, 5.74) is -1.06. The van der Waals surface area contributed by atoms with Gasteiger partial charge in [-0.3, -0.25) is 10.1 Å². The van der Waals surface area contributed by atoms with Crippen molar-refractivity contribution in [3.05, 3.63) is 33.6 Å². The summed E-state index contributed by atoms with van der Waals surface area (Å²) >= 11 is 0. The molecule has 0 saturated carbocycles. The Morgan fingerprint density at radius 2 is 2.21 bits per heavy atom. The zero-order valence-electron chi connectivity index (χ0n) is 10.4. The molecule has 1 N–H and O–H groups in total. The van der Waals surface area contributed by atoms with Crippen LogP contribution in [0.1, 0.15) is 10.4 Å². The maximum atomic E-state index is 13.4. The Morgan fingerprint density at radius 1 is 1.58 bits per heavy atom. The number of aromatic carboxylic acids is 1. The second-order valence-corrected chi connectivity index (χ2v) is 3.80. The predicted octanol–water partition coefficient (Wildman–Crippen LogP) is 1.51. The number of likely N-dealkylation sites (N-methyl/N-ethyl adjacent to an activating group) is 1. The minimum atomic E-state index is -1.48. The molecule has 0 radical (unpaired) electrons. The second kappa shape index (κ2) is 6.10. The van der Waals surface area contributed by atoms with E-state index in [-0.39, 0.29) is 5.69 Å². The molecule has 8 heteroatoms. The molecule has 1 aromatic rings. The number of hydrogen-bond donors (Lipinski definition) is 1. The third kappa shape index (κ3) is 3.38. The van der Waals surface area contributed by atoms with Crippen LogP contribution in [0.25, 0.3) is 0 Å². The summed E-state index contributed by atoms with van der Waals surface area (Å²) in [6, 6.07) is 1.56. The van der Waals surface area contributed by atoms with Crippen molar-refractivity contribution in [2.75, 3.05) is 32.2 Å². The van der Waals surface area contributed by atoms with Gasteiger partial charge in [0, 0.05) is 20.7 Å². The van der Waals surface area contributed by atoms with Gasteiger partial charge in [0.15, 0.2) is 0 Å². The number of carbonyl (C=O) groups is 1. The lowest BCUT2D eigenvalue weighted by Crippen LogP contribution is -2.23. The van der Waals surface area contributed by atoms with E-state index in [1.807, 2.05) is 0 Å². The topological polar surface area (TPSA) is 92.9 Å². The van der Waals surface area contributed by atoms with Gasteiger partial charge in [-0.05, 0) is 6.07 Å². The standard InChI is InChI=1S/C11H13FN2O5/c1-13(3-4-19-2)9-5-7(11(15)16)8(12)6-10(9)14(17)18/h5-6H,3-4H2,1-2H3,(H,15,16). The normalized spacial score (nSPS) is 10.3. The average molecular weight is 272 g/mol. The van der Waals surface area contributed by atoms with Gasteiger partial charge in [-0.25, -0.2) is 9.18 Å². The molecule has 104 valence electrons. The van der Waals surface area contributed by atoms with E-state index in [0.29, 0.717) is 19.2 Å². The monoisotopic (exact) mass is 272 g/mol. The van der Waals surface area contributed by atoms with Crippen LogP contribution < -0.4 is 4.90 Å². The van der Waals surface area contributed by atoms with Crippen LogP contribution in [0.3, 0.4) is 0 Å². The van der Waals surface area contributed by atoms with E-state index in [1.165, 1.54) is 19.1 Å². The quantitative estimate of drug-likeness (QED) is 0.623. The summed E-state index contributed by atoms with van der Waals surface area (Å²) in [6.45, 7) is 0.607. The highest BCUT2D eigenvalue weighted by Gasteiger charge is 2.23. The lowest BCUT2D eigenvalue weighted by Gasteiger charge is -2.19. The average Bonchev–Trinajstić information content (AvgIpc) is 2.34. The first-order valence-corrected chi connectivity index (χ1v) is 5.29. The summed E-state index contributed by atoms with van der Waals surface area (Å²) in [5, 5.41) is 19.7. The molecule has 0 spiro atoms. The fraction of sp³-hybridized carbons (Fsp3) is 0.364. The Balaban J connectivity index is 3.28. The first-order chi connectivity index (χ1) is 8.88. The van der Waals surface area contributed by atoms with Gasteiger partial charge in [-0.15, -0.1) is 0 Å². The van der Waals surface area contributed by atoms with Crippen molar-refractivity contribution >= 4 is 17.3 Å². The molecule has 0 atom stereocenters. The van der Waals surface area contributed by atoms with Crippen molar-refractivity contribution in [1.29, 1.82) is 0 Å². The molecule has 1 aromatic carbocycles. The number of halogens is 1. The third-order valence-electron chi connectivity index (χ3n) is 2.53. The molecule has 0 aliphatic heterocycles. The van der Waals surface area contributed by atoms with E-state index < -0.39 is 28.0 Å². The van der Waals surface area contributed by atoms with Crippen LogP contribution in [-0.2, 0) is 4.74 Å². The molecule has 7 nitrogen and oxygen atoms in total. The SMILES string of the molecule is COCCN(C)c1cc(C(=O)O)c(F)cc1[N+](=O)[O-]. The highest BCUT2D eigenvalue weighted by atomic mass is 19.1. The summed E-state index contributed by atoms with van der Waals surface area (Å²) in [5.74, 6) is -2.61. The van der Waals surface area contributed by atoms with Crippen molar-refractivity contribution in [3.63, 3.8) is 0 Å². The number of nitro benzene ring substituents is 1. The van der Waals surface area contributed by atoms with E-state index >= 15 is 0 Å². The minimum absolute atomic E-state index is 0.0286. The number of rotatable bonds is 6. The summed E-state index contributed by atoms with van der Waals surface area (Å²) in [4.78, 5) is 22.4. The Morgan fingerprint density at radius 3 is 2.68 bits per heavy atom. The lowest BCUT2D eigenvalue weighted by molar-refractivity contribution is -0.384. The van der Waals surface area contributed by atoms with E-state index in [2.05, 4.69) is 0 Å². The number of carboxylic acids is 1. The number of nitrogens with zero attached hydrogens (tertiary/aromatic N) is 2. The van der Waals surface area contributed by atoms with Gasteiger partial charge >= 0.3 is 5.97 Å². The highest BCUT2D eigenvalue weighted by Crippen LogP contribution is 2.30. The van der Waals surface area contributed by atoms with Crippen molar-refractivity contribution < 1.29 is 24.0 Å². The Bertz CT molecular complexity index is 506. The summed E-state index contributed by atoms with van der Waals surface area (Å²) < 4.78 is 18.3. The van der Waals surface area contributed by atoms with Crippen LogP contribution in [0.5, 0.6) is 0 Å². The Labute approximate surface area is 108 Å². The zero-order chi connectivity index (χ0) is 14.6. The molecule has 0 bridgehead atoms. The van der Waals surface area contributed by atoms with Gasteiger partial charge in [0.25, 0.3) is 5.69 Å². The maximum absolute atomic E-state index is 13.4. The largest absolute Gasteiger partial charge is 0.478 e. The third-order valence-corrected chi connectivity index (χ3v) is 2.53. The van der Waals surface area contributed by atoms with Crippen molar-refractivity contribution in [1.82, 2.24) is 0 Å². The molecule has 0 amide bonds. The van der Waals surface area contributed by atoms with E-state index in [4.69, 9.17) is 9.84 Å². The van der Waals surface area contributed by atoms with Gasteiger partial charge in [0.2, 0.25) is 0 Å². The number of anilines is 1. The molecule has 0 fully saturated rings. The van der Waals surface area contributed by atoms with Crippen LogP contribution in [-0.4, -0.2) is 43.3 Å². The molecule has 0 aromatic heterocycles. The molecular formula is C11H13FN2O5. The van der Waals surface area contributed by atoms with Crippen molar-refractivity contribution in [2.45, 2.75) is 0 Å². The fourth-order valence-electron chi connectivity index (χ4n) is 1.52. The van der Waals surface area contributed by atoms with Crippen molar-refractivity contribution in [3.8, 4) is 0 Å². The van der Waals surface area contributed by atoms with Crippen molar-refractivity contribution in [2.24, 2.45) is 0 Å². The number of benzene rings is 1. The van der Waals surface area contributed by atoms with Crippen LogP contribution in [0.2, 0.25) is 0 Å². The van der Waals surface area contributed by atoms with Gasteiger partial charge in [-0.1, -0.05) is 0 Å². The van der Waals surface area contributed by atoms with E-state index in [1.54, 1.807) is 0 Å². The molecule has 0 aliphatic carbocycles. The first-order valence-electron chi connectivity index (χ1n) is 5.29. The number of carboxylic acid groups (broad SMARTS) is 1. The minimum Gasteiger partial charge on any atom is -0.478 e. The Kier molecular flexibility index (Phi) is 4.76. The van der Waals surface area contributed by atoms with Crippen LogP contribution in [0, 0.1) is 15.9 Å². The number of methoxy groups -OCH3 is 1. The Hall–Kier alpha value is -2.22. The van der Waals surface area contributed by atoms with Crippen LogP contribution in [0.4, 0.5) is 15.8 Å². The molecule has 0 aliphatic rings. The van der Waals surface area contributed by atoms with Gasteiger partial charge in [0.05, 0.1) is 23.2 Å². The second-order valence-electron chi connectivity index (χ2n) is 3.80. The van der Waals surface area contributed by atoms with Crippen LogP contribution in [0.15, 0.2) is 12.1 Å². The summed E-state index contributed by atoms with van der Waals surface area (Å²) in [6.07, 6.45) is 0. The van der Waals surface area contributed by atoms with Gasteiger partial charge in [0.1, 0.15) is 11.5 Å². The smallest absolute Gasteiger partial charge is 0.338 e. The number of ether oxygens (including phenoxy) is 1. The molecular weight excluding hydrogens is 259 g/mol. The van der Waals surface area contributed by atoms with Gasteiger partial charge in [-0.2, -0.15) is 0 Å². The maximum Gasteiger partial charge on any atom is 0.338 e. The highest BCUT2D eigenvalue weighted by molar-refractivity contribution is 5.90. The van der Waals surface area contributed by atoms with E-state index in [0.717, 1.165) is 6.07 Å². The molecule has 0 saturated heterocycles. The number of hydrogen-bond acceptors (Lipinski definition) is 5. The molecule has 19 heavy (non-hydrogen) atoms. The molecule has 1 rings (SSSR count). The predicted molar refractivity (Wildman–Crippen MR) is 65.2 cm³/mol. The fourth-order valence-corrected chi connectivity index (χ4v) is 1.52. The summed E-state index contributed by atoms with van der Waals surface area (Å²) in [7, 11) is 3.00. The zero-order valence-corrected chi connectivity index (χ0v) is 10.4. The van der Waals surface area contributed by atoms with Crippen LogP contribution >= 0.6 is 0 Å². The lowest BCUT2D eigenvalue weighted by atomic mass is 10.1. The molecule has 0 heterocycles. The van der Waals surface area contributed by atoms with E-state index in [9.17, 15) is 19.3 Å².